The highest BCUT2D eigenvalue weighted by atomic mass is 35.5. The fourth-order valence-corrected chi connectivity index (χ4v) is 8.07. The van der Waals surface area contributed by atoms with Crippen LogP contribution in [0.1, 0.15) is 26.7 Å². The normalized spacial score (nSPS) is 35.3. The van der Waals surface area contributed by atoms with E-state index in [0.29, 0.717) is 17.1 Å². The quantitative estimate of drug-likeness (QED) is 0.635. The van der Waals surface area contributed by atoms with Gasteiger partial charge in [-0.3, -0.25) is 14.4 Å². The number of para-hydroxylation sites is 1. The van der Waals surface area contributed by atoms with Gasteiger partial charge in [0.05, 0.1) is 39.9 Å². The van der Waals surface area contributed by atoms with Crippen LogP contribution in [-0.2, 0) is 14.4 Å². The van der Waals surface area contributed by atoms with Crippen molar-refractivity contribution in [2.45, 2.75) is 48.3 Å². The molecule has 9 heteroatoms. The van der Waals surface area contributed by atoms with Crippen LogP contribution < -0.4 is 10.6 Å². The molecule has 0 radical (unpaired) electrons. The molecule has 0 aromatic heterocycles. The third-order valence-corrected chi connectivity index (χ3v) is 9.18. The van der Waals surface area contributed by atoms with E-state index in [1.165, 1.54) is 4.90 Å². The summed E-state index contributed by atoms with van der Waals surface area (Å²) in [5.74, 6) is -1.86. The molecule has 3 aliphatic heterocycles. The number of carbonyl (C=O) groups is 3. The number of halogens is 1. The molecule has 2 bridgehead atoms. The van der Waals surface area contributed by atoms with Crippen molar-refractivity contribution in [2.24, 2.45) is 11.8 Å². The summed E-state index contributed by atoms with van der Waals surface area (Å²) >= 11 is 7.82. The highest BCUT2D eigenvalue weighted by Gasteiger charge is 2.77. The molecule has 6 atom stereocenters. The van der Waals surface area contributed by atoms with Gasteiger partial charge in [-0.2, -0.15) is 0 Å². The Morgan fingerprint density at radius 2 is 2.03 bits per heavy atom. The molecule has 3 N–H and O–H groups in total. The molecule has 0 aliphatic carbocycles. The van der Waals surface area contributed by atoms with E-state index in [0.717, 1.165) is 6.42 Å². The van der Waals surface area contributed by atoms with E-state index in [1.807, 2.05) is 6.92 Å². The molecule has 162 valence electrons. The topological polar surface area (TPSA) is 98.7 Å². The van der Waals surface area contributed by atoms with Gasteiger partial charge in [-0.15, -0.1) is 11.8 Å². The molecule has 3 aliphatic rings. The molecule has 1 spiro atoms. The molecule has 4 rings (SSSR count). The largest absolute Gasteiger partial charge is 0.394 e. The van der Waals surface area contributed by atoms with Crippen molar-refractivity contribution in [3.05, 3.63) is 29.3 Å². The summed E-state index contributed by atoms with van der Waals surface area (Å²) in [5.41, 5.74) is 0.472. The van der Waals surface area contributed by atoms with E-state index in [4.69, 9.17) is 11.6 Å². The Kier molecular flexibility index (Phi) is 5.31. The summed E-state index contributed by atoms with van der Waals surface area (Å²) in [4.78, 5) is 41.4. The third kappa shape index (κ3) is 2.87. The van der Waals surface area contributed by atoms with Crippen molar-refractivity contribution in [2.75, 3.05) is 19.0 Å². The second kappa shape index (κ2) is 7.43. The van der Waals surface area contributed by atoms with Crippen LogP contribution in [0.3, 0.4) is 0 Å². The van der Waals surface area contributed by atoms with E-state index in [9.17, 15) is 19.5 Å². The molecule has 30 heavy (non-hydrogen) atoms. The Morgan fingerprint density at radius 3 is 2.67 bits per heavy atom. The Hall–Kier alpha value is -1.77. The van der Waals surface area contributed by atoms with Crippen LogP contribution in [0, 0.1) is 11.8 Å². The second-order valence-corrected chi connectivity index (χ2v) is 10.9. The molecule has 3 saturated heterocycles. The van der Waals surface area contributed by atoms with Gasteiger partial charge in [-0.25, -0.2) is 0 Å². The number of fused-ring (bicyclic) bond motifs is 1. The van der Waals surface area contributed by atoms with Crippen molar-refractivity contribution in [1.82, 2.24) is 10.2 Å². The lowest BCUT2D eigenvalue weighted by Crippen LogP contribution is -2.54. The zero-order valence-corrected chi connectivity index (χ0v) is 18.7. The Labute approximate surface area is 184 Å². The van der Waals surface area contributed by atoms with Gasteiger partial charge in [0.15, 0.2) is 0 Å². The fourth-order valence-electron chi connectivity index (χ4n) is 5.55. The standard InChI is InChI=1S/C21H26ClN3O4S/c1-11(10-26)25-16(18(28)24-13-7-5-4-6-12(13)22)21-9-8-20(2,30-21)14(17(27)23-3)15(21)19(25)29/h4-7,11,14-16,26H,8-10H2,1-3H3,(H,23,27)(H,24,28)/t11-,14+,15+,16?,20-,21?/m1/s1. The number of aliphatic hydroxyl groups excluding tert-OH is 1. The first-order valence-electron chi connectivity index (χ1n) is 10.1. The highest BCUT2D eigenvalue weighted by molar-refractivity contribution is 8.02. The van der Waals surface area contributed by atoms with Crippen molar-refractivity contribution in [1.29, 1.82) is 0 Å². The van der Waals surface area contributed by atoms with Gasteiger partial charge in [0.25, 0.3) is 0 Å². The number of amides is 3. The molecule has 1 aromatic rings. The van der Waals surface area contributed by atoms with Gasteiger partial charge in [-0.05, 0) is 38.8 Å². The van der Waals surface area contributed by atoms with E-state index in [-0.39, 0.29) is 24.3 Å². The lowest BCUT2D eigenvalue weighted by molar-refractivity contribution is -0.142. The van der Waals surface area contributed by atoms with Crippen molar-refractivity contribution < 1.29 is 19.5 Å². The number of likely N-dealkylation sites (tertiary alicyclic amines) is 1. The average Bonchev–Trinajstić information content (AvgIpc) is 3.29. The van der Waals surface area contributed by atoms with Crippen LogP contribution in [-0.4, -0.2) is 63.0 Å². The van der Waals surface area contributed by atoms with Gasteiger partial charge >= 0.3 is 0 Å². The summed E-state index contributed by atoms with van der Waals surface area (Å²) in [6, 6.07) is 5.60. The monoisotopic (exact) mass is 451 g/mol. The number of carbonyl (C=O) groups excluding carboxylic acids is 3. The summed E-state index contributed by atoms with van der Waals surface area (Å²) in [5, 5.41) is 15.8. The molecule has 3 heterocycles. The molecule has 7 nitrogen and oxygen atoms in total. The van der Waals surface area contributed by atoms with Crippen molar-refractivity contribution in [3.8, 4) is 0 Å². The molecule has 0 saturated carbocycles. The molecule has 3 fully saturated rings. The van der Waals surface area contributed by atoms with Crippen LogP contribution in [0.5, 0.6) is 0 Å². The van der Waals surface area contributed by atoms with Crippen molar-refractivity contribution in [3.63, 3.8) is 0 Å². The van der Waals surface area contributed by atoms with E-state index in [1.54, 1.807) is 50.0 Å². The molecule has 2 unspecified atom stereocenters. The van der Waals surface area contributed by atoms with Crippen LogP contribution in [0.25, 0.3) is 0 Å². The van der Waals surface area contributed by atoms with E-state index < -0.39 is 33.4 Å². The number of thioether (sulfide) groups is 1. The van der Waals surface area contributed by atoms with E-state index in [2.05, 4.69) is 10.6 Å². The van der Waals surface area contributed by atoms with Crippen LogP contribution >= 0.6 is 23.4 Å². The Bertz CT molecular complexity index is 914. The van der Waals surface area contributed by atoms with Crippen LogP contribution in [0.15, 0.2) is 24.3 Å². The third-order valence-electron chi connectivity index (χ3n) is 6.86. The predicted octanol–water partition coefficient (Wildman–Crippen LogP) is 1.89. The first-order chi connectivity index (χ1) is 14.2. The zero-order chi connectivity index (χ0) is 21.8. The minimum Gasteiger partial charge on any atom is -0.394 e. The number of rotatable bonds is 5. The number of hydrogen-bond acceptors (Lipinski definition) is 5. The lowest BCUT2D eigenvalue weighted by atomic mass is 9.66. The molecule has 1 aromatic carbocycles. The van der Waals surface area contributed by atoms with Gasteiger partial charge in [0.2, 0.25) is 17.7 Å². The summed E-state index contributed by atoms with van der Waals surface area (Å²) in [6.45, 7) is 3.47. The zero-order valence-electron chi connectivity index (χ0n) is 17.1. The summed E-state index contributed by atoms with van der Waals surface area (Å²) in [6.07, 6.45) is 1.41. The minimum absolute atomic E-state index is 0.173. The Balaban J connectivity index is 1.78. The number of hydrogen-bond donors (Lipinski definition) is 3. The number of aliphatic hydroxyl groups is 1. The van der Waals surface area contributed by atoms with Crippen LogP contribution in [0.2, 0.25) is 5.02 Å². The summed E-state index contributed by atoms with van der Waals surface area (Å²) in [7, 11) is 1.57. The number of anilines is 1. The number of benzene rings is 1. The maximum atomic E-state index is 13.6. The number of nitrogens with zero attached hydrogens (tertiary/aromatic N) is 1. The lowest BCUT2D eigenvalue weighted by Gasteiger charge is -2.36. The first kappa shape index (κ1) is 21.5. The smallest absolute Gasteiger partial charge is 0.248 e. The second-order valence-electron chi connectivity index (χ2n) is 8.59. The predicted molar refractivity (Wildman–Crippen MR) is 116 cm³/mol. The Morgan fingerprint density at radius 1 is 1.33 bits per heavy atom. The van der Waals surface area contributed by atoms with Gasteiger partial charge in [-0.1, -0.05) is 23.7 Å². The van der Waals surface area contributed by atoms with E-state index >= 15 is 0 Å². The molecule has 3 amide bonds. The molecular formula is C21H26ClN3O4S. The first-order valence-corrected chi connectivity index (χ1v) is 11.3. The van der Waals surface area contributed by atoms with Gasteiger partial charge in [0.1, 0.15) is 6.04 Å². The maximum absolute atomic E-state index is 13.6. The highest BCUT2D eigenvalue weighted by Crippen LogP contribution is 2.71. The maximum Gasteiger partial charge on any atom is 0.248 e. The SMILES string of the molecule is CNC(=O)[C@@H]1[C@H]2C(=O)N([C@H](C)CO)C(C(=O)Nc3ccccc3Cl)C23CC[C@@]1(C)S3. The fraction of sp³-hybridized carbons (Fsp3) is 0.571. The number of nitrogens with one attached hydrogen (secondary N) is 2. The average molecular weight is 452 g/mol. The summed E-state index contributed by atoms with van der Waals surface area (Å²) < 4.78 is -1.12. The van der Waals surface area contributed by atoms with Crippen LogP contribution in [0.4, 0.5) is 5.69 Å². The minimum atomic E-state index is -0.796. The van der Waals surface area contributed by atoms with Gasteiger partial charge < -0.3 is 20.6 Å². The molecular weight excluding hydrogens is 426 g/mol. The van der Waals surface area contributed by atoms with Gasteiger partial charge in [0, 0.05) is 11.8 Å². The van der Waals surface area contributed by atoms with Crippen molar-refractivity contribution >= 4 is 46.8 Å².